The van der Waals surface area contributed by atoms with Crippen molar-refractivity contribution < 1.29 is 14.0 Å². The minimum Gasteiger partial charge on any atom is -0.369 e. The van der Waals surface area contributed by atoms with E-state index >= 15 is 0 Å². The minimum atomic E-state index is -0.380. The Balaban J connectivity index is 1.86. The number of hydrogen-bond acceptors (Lipinski definition) is 4. The van der Waals surface area contributed by atoms with Crippen molar-refractivity contribution in [1.82, 2.24) is 19.7 Å². The molecule has 2 amide bonds. The van der Waals surface area contributed by atoms with Crippen molar-refractivity contribution in [3.05, 3.63) is 41.7 Å². The van der Waals surface area contributed by atoms with E-state index in [1.807, 2.05) is 13.8 Å². The van der Waals surface area contributed by atoms with Crippen LogP contribution in [0.3, 0.4) is 0 Å². The summed E-state index contributed by atoms with van der Waals surface area (Å²) in [5.74, 6) is -0.510. The van der Waals surface area contributed by atoms with Crippen LogP contribution in [0.5, 0.6) is 0 Å². The van der Waals surface area contributed by atoms with Crippen molar-refractivity contribution in [2.45, 2.75) is 32.6 Å². The molecule has 0 bridgehead atoms. The largest absolute Gasteiger partial charge is 0.369 e. The molecule has 1 aromatic heterocycles. The van der Waals surface area contributed by atoms with E-state index in [4.69, 9.17) is 5.73 Å². The first-order valence-corrected chi connectivity index (χ1v) is 8.68. The van der Waals surface area contributed by atoms with E-state index in [9.17, 15) is 14.0 Å². The normalized spacial score (nSPS) is 15.5. The molecule has 0 radical (unpaired) electrons. The number of halogens is 1. The Hall–Kier alpha value is -2.77. The van der Waals surface area contributed by atoms with Gasteiger partial charge in [-0.1, -0.05) is 19.9 Å². The first kappa shape index (κ1) is 18.0. The van der Waals surface area contributed by atoms with Crippen molar-refractivity contribution >= 4 is 11.8 Å². The smallest absolute Gasteiger partial charge is 0.293 e. The number of benzene rings is 1. The van der Waals surface area contributed by atoms with Gasteiger partial charge in [-0.15, -0.1) is 5.10 Å². The molecule has 0 saturated carbocycles. The van der Waals surface area contributed by atoms with Crippen LogP contribution < -0.4 is 5.73 Å². The number of aromatic nitrogens is 3. The zero-order valence-corrected chi connectivity index (χ0v) is 14.9. The molecule has 1 aliphatic rings. The molecule has 138 valence electrons. The third-order valence-electron chi connectivity index (χ3n) is 4.58. The molecule has 1 aliphatic heterocycles. The third kappa shape index (κ3) is 3.58. The van der Waals surface area contributed by atoms with E-state index in [0.29, 0.717) is 37.4 Å². The maximum atomic E-state index is 13.6. The number of carbonyl (C=O) groups excluding carboxylic acids is 2. The average Bonchev–Trinajstić information content (AvgIpc) is 3.07. The van der Waals surface area contributed by atoms with Gasteiger partial charge < -0.3 is 10.6 Å². The lowest BCUT2D eigenvalue weighted by Gasteiger charge is -2.29. The average molecular weight is 359 g/mol. The van der Waals surface area contributed by atoms with Crippen LogP contribution in [0.15, 0.2) is 24.3 Å². The standard InChI is InChI=1S/C18H22FN5O2/c1-11(2)17-21-16(22-24(17)14-5-3-4-13(19)10-14)18(26)23-8-6-12(7-9-23)15(20)25/h3-5,10-12H,6-9H2,1-2H3,(H2,20,25). The lowest BCUT2D eigenvalue weighted by Crippen LogP contribution is -2.42. The summed E-state index contributed by atoms with van der Waals surface area (Å²) in [6.07, 6.45) is 1.09. The number of carbonyl (C=O) groups is 2. The predicted molar refractivity (Wildman–Crippen MR) is 93.2 cm³/mol. The molecule has 3 rings (SSSR count). The fourth-order valence-corrected chi connectivity index (χ4v) is 3.09. The predicted octanol–water partition coefficient (Wildman–Crippen LogP) is 1.87. The van der Waals surface area contributed by atoms with Crippen LogP contribution in [-0.2, 0) is 4.79 Å². The molecule has 0 unspecified atom stereocenters. The van der Waals surface area contributed by atoms with Crippen LogP contribution in [0.4, 0.5) is 4.39 Å². The molecular formula is C18H22FN5O2. The molecule has 8 heteroatoms. The lowest BCUT2D eigenvalue weighted by molar-refractivity contribution is -0.123. The second kappa shape index (κ2) is 7.23. The van der Waals surface area contributed by atoms with Gasteiger partial charge in [0.2, 0.25) is 11.7 Å². The number of rotatable bonds is 4. The summed E-state index contributed by atoms with van der Waals surface area (Å²) in [5, 5.41) is 4.33. The number of hydrogen-bond donors (Lipinski definition) is 1. The quantitative estimate of drug-likeness (QED) is 0.902. The molecule has 2 heterocycles. The van der Waals surface area contributed by atoms with Crippen LogP contribution in [0.2, 0.25) is 0 Å². The molecular weight excluding hydrogens is 337 g/mol. The van der Waals surface area contributed by atoms with E-state index in [2.05, 4.69) is 10.1 Å². The highest BCUT2D eigenvalue weighted by Gasteiger charge is 2.29. The number of likely N-dealkylation sites (tertiary alicyclic amines) is 1. The Bertz CT molecular complexity index is 825. The summed E-state index contributed by atoms with van der Waals surface area (Å²) < 4.78 is 15.1. The second-order valence-electron chi connectivity index (χ2n) is 6.81. The zero-order chi connectivity index (χ0) is 18.8. The van der Waals surface area contributed by atoms with Crippen LogP contribution in [0, 0.1) is 11.7 Å². The summed E-state index contributed by atoms with van der Waals surface area (Å²) in [4.78, 5) is 30.1. The number of nitrogens with two attached hydrogens (primary N) is 1. The van der Waals surface area contributed by atoms with E-state index < -0.39 is 0 Å². The van der Waals surface area contributed by atoms with Crippen LogP contribution in [0.25, 0.3) is 5.69 Å². The van der Waals surface area contributed by atoms with Crippen molar-refractivity contribution in [3.63, 3.8) is 0 Å². The van der Waals surface area contributed by atoms with E-state index in [-0.39, 0.29) is 35.3 Å². The van der Waals surface area contributed by atoms with Gasteiger partial charge in [0.05, 0.1) is 5.69 Å². The number of amides is 2. The molecule has 0 atom stereocenters. The highest BCUT2D eigenvalue weighted by atomic mass is 19.1. The van der Waals surface area contributed by atoms with Crippen LogP contribution in [-0.4, -0.2) is 44.6 Å². The summed E-state index contributed by atoms with van der Waals surface area (Å²) >= 11 is 0. The summed E-state index contributed by atoms with van der Waals surface area (Å²) in [5.41, 5.74) is 5.85. The molecule has 1 saturated heterocycles. The van der Waals surface area contributed by atoms with Gasteiger partial charge in [0.25, 0.3) is 5.91 Å². The monoisotopic (exact) mass is 359 g/mol. The van der Waals surface area contributed by atoms with Crippen molar-refractivity contribution in [1.29, 1.82) is 0 Å². The van der Waals surface area contributed by atoms with Gasteiger partial charge in [-0.25, -0.2) is 14.1 Å². The zero-order valence-electron chi connectivity index (χ0n) is 14.9. The van der Waals surface area contributed by atoms with Gasteiger partial charge in [-0.2, -0.15) is 0 Å². The fraction of sp³-hybridized carbons (Fsp3) is 0.444. The van der Waals surface area contributed by atoms with E-state index in [0.717, 1.165) is 0 Å². The number of piperidine rings is 1. The Kier molecular flexibility index (Phi) is 5.01. The molecule has 0 aliphatic carbocycles. The molecule has 2 N–H and O–H groups in total. The minimum absolute atomic E-state index is 0.00733. The first-order valence-electron chi connectivity index (χ1n) is 8.68. The summed E-state index contributed by atoms with van der Waals surface area (Å²) in [6, 6.07) is 6.01. The highest BCUT2D eigenvalue weighted by molar-refractivity contribution is 5.90. The SMILES string of the molecule is CC(C)c1nc(C(=O)N2CCC(C(N)=O)CC2)nn1-c1cccc(F)c1. The molecule has 2 aromatic rings. The first-order chi connectivity index (χ1) is 12.4. The fourth-order valence-electron chi connectivity index (χ4n) is 3.09. The van der Waals surface area contributed by atoms with Crippen LogP contribution >= 0.6 is 0 Å². The molecule has 7 nitrogen and oxygen atoms in total. The third-order valence-corrected chi connectivity index (χ3v) is 4.58. The maximum Gasteiger partial charge on any atom is 0.293 e. The summed E-state index contributed by atoms with van der Waals surface area (Å²) in [7, 11) is 0. The van der Waals surface area contributed by atoms with Gasteiger partial charge >= 0.3 is 0 Å². The van der Waals surface area contributed by atoms with Gasteiger partial charge in [0.15, 0.2) is 0 Å². The van der Waals surface area contributed by atoms with Gasteiger partial charge in [0, 0.05) is 24.9 Å². The Labute approximate surface area is 151 Å². The van der Waals surface area contributed by atoms with Gasteiger partial charge in [-0.05, 0) is 31.0 Å². The molecule has 26 heavy (non-hydrogen) atoms. The maximum absolute atomic E-state index is 13.6. The Morgan fingerprint density at radius 3 is 2.54 bits per heavy atom. The molecule has 0 spiro atoms. The van der Waals surface area contributed by atoms with Gasteiger partial charge in [0.1, 0.15) is 11.6 Å². The van der Waals surface area contributed by atoms with Crippen LogP contribution in [0.1, 0.15) is 49.1 Å². The number of nitrogens with zero attached hydrogens (tertiary/aromatic N) is 4. The second-order valence-corrected chi connectivity index (χ2v) is 6.81. The number of primary amides is 1. The Morgan fingerprint density at radius 1 is 1.27 bits per heavy atom. The van der Waals surface area contributed by atoms with Crippen molar-refractivity contribution in [2.24, 2.45) is 11.7 Å². The highest BCUT2D eigenvalue weighted by Crippen LogP contribution is 2.21. The summed E-state index contributed by atoms with van der Waals surface area (Å²) in [6.45, 7) is 4.76. The van der Waals surface area contributed by atoms with Gasteiger partial charge in [-0.3, -0.25) is 9.59 Å². The van der Waals surface area contributed by atoms with Crippen molar-refractivity contribution in [3.8, 4) is 5.69 Å². The molecule has 1 aromatic carbocycles. The Morgan fingerprint density at radius 2 is 1.96 bits per heavy atom. The van der Waals surface area contributed by atoms with Crippen molar-refractivity contribution in [2.75, 3.05) is 13.1 Å². The topological polar surface area (TPSA) is 94.1 Å². The molecule has 1 fully saturated rings. The van der Waals surface area contributed by atoms with E-state index in [1.54, 1.807) is 17.0 Å². The lowest BCUT2D eigenvalue weighted by atomic mass is 9.96. The van der Waals surface area contributed by atoms with E-state index in [1.165, 1.54) is 16.8 Å².